The minimum Gasteiger partial charge on any atom is -0.361 e. The third-order valence-electron chi connectivity index (χ3n) is 4.25. The van der Waals surface area contributed by atoms with E-state index in [2.05, 4.69) is 41.2 Å². The molecule has 0 bridgehead atoms. The van der Waals surface area contributed by atoms with Gasteiger partial charge in [0.2, 0.25) is 0 Å². The summed E-state index contributed by atoms with van der Waals surface area (Å²) in [5, 5.41) is 1.31. The number of aromatic nitrogens is 1. The van der Waals surface area contributed by atoms with Gasteiger partial charge in [0, 0.05) is 18.3 Å². The summed E-state index contributed by atoms with van der Waals surface area (Å²) in [5.41, 5.74) is 8.62. The zero-order chi connectivity index (χ0) is 12.5. The van der Waals surface area contributed by atoms with Crippen LogP contribution in [0, 0.1) is 5.92 Å². The quantitative estimate of drug-likeness (QED) is 0.849. The Bertz CT molecular complexity index is 531. The van der Waals surface area contributed by atoms with Gasteiger partial charge in [0.05, 0.1) is 0 Å². The third-order valence-corrected chi connectivity index (χ3v) is 4.25. The molecule has 0 aliphatic carbocycles. The number of benzene rings is 1. The summed E-state index contributed by atoms with van der Waals surface area (Å²) >= 11 is 0. The second kappa shape index (κ2) is 4.75. The van der Waals surface area contributed by atoms with E-state index in [4.69, 9.17) is 5.73 Å². The fourth-order valence-corrected chi connectivity index (χ4v) is 3.19. The van der Waals surface area contributed by atoms with Crippen molar-refractivity contribution < 1.29 is 0 Å². The summed E-state index contributed by atoms with van der Waals surface area (Å²) < 4.78 is 0. The van der Waals surface area contributed by atoms with Crippen LogP contribution in [0.2, 0.25) is 0 Å². The minimum atomic E-state index is 0.583. The molecule has 1 aliphatic heterocycles. The first-order valence-electron chi connectivity index (χ1n) is 6.73. The summed E-state index contributed by atoms with van der Waals surface area (Å²) in [5.74, 6) is 1.20. The van der Waals surface area contributed by atoms with Crippen molar-refractivity contribution in [3.8, 4) is 0 Å². The van der Waals surface area contributed by atoms with Gasteiger partial charge in [-0.1, -0.05) is 6.07 Å². The van der Waals surface area contributed by atoms with Crippen LogP contribution in [0.1, 0.15) is 17.9 Å². The van der Waals surface area contributed by atoms with E-state index >= 15 is 0 Å². The Hall–Kier alpha value is -1.32. The van der Waals surface area contributed by atoms with Crippen LogP contribution < -0.4 is 5.73 Å². The first kappa shape index (κ1) is 11.8. The molecule has 3 heteroatoms. The zero-order valence-corrected chi connectivity index (χ0v) is 10.9. The smallest absolute Gasteiger partial charge is 0.0454 e. The molecule has 1 fully saturated rings. The van der Waals surface area contributed by atoms with Gasteiger partial charge < -0.3 is 15.6 Å². The van der Waals surface area contributed by atoms with E-state index in [0.717, 1.165) is 13.1 Å². The van der Waals surface area contributed by atoms with Crippen LogP contribution in [-0.4, -0.2) is 36.6 Å². The fourth-order valence-electron chi connectivity index (χ4n) is 3.19. The molecule has 3 nitrogen and oxygen atoms in total. The van der Waals surface area contributed by atoms with Crippen LogP contribution in [0.15, 0.2) is 30.5 Å². The Morgan fingerprint density at radius 1 is 1.39 bits per heavy atom. The number of nitrogens with two attached hydrogens (primary N) is 1. The predicted octanol–water partition coefficient (Wildman–Crippen LogP) is 2.16. The molecule has 3 N–H and O–H groups in total. The number of hydrogen-bond acceptors (Lipinski definition) is 2. The van der Waals surface area contributed by atoms with Crippen molar-refractivity contribution in [1.29, 1.82) is 0 Å². The van der Waals surface area contributed by atoms with E-state index < -0.39 is 0 Å². The molecule has 0 radical (unpaired) electrons. The lowest BCUT2D eigenvalue weighted by Gasteiger charge is -2.36. The molecular formula is C15H21N3. The number of piperidine rings is 1. The van der Waals surface area contributed by atoms with Gasteiger partial charge in [-0.2, -0.15) is 0 Å². The Morgan fingerprint density at radius 2 is 2.28 bits per heavy atom. The maximum Gasteiger partial charge on any atom is 0.0454 e. The largest absolute Gasteiger partial charge is 0.361 e. The highest BCUT2D eigenvalue weighted by molar-refractivity contribution is 5.80. The highest BCUT2D eigenvalue weighted by Gasteiger charge is 2.27. The van der Waals surface area contributed by atoms with Gasteiger partial charge in [-0.15, -0.1) is 0 Å². The maximum absolute atomic E-state index is 5.95. The van der Waals surface area contributed by atoms with Crippen LogP contribution in [0.4, 0.5) is 0 Å². The average Bonchev–Trinajstić information content (AvgIpc) is 2.85. The molecule has 3 rings (SSSR count). The highest BCUT2D eigenvalue weighted by Crippen LogP contribution is 2.33. The summed E-state index contributed by atoms with van der Waals surface area (Å²) in [6.45, 7) is 3.07. The standard InChI is InChI=1S/C15H21N3/c1-18-7-5-14(13(9-16)10-18)11-2-3-15-12(8-11)4-6-17-15/h2-4,6,8,13-14,17H,5,7,9-10,16H2,1H3. The molecule has 18 heavy (non-hydrogen) atoms. The van der Waals surface area contributed by atoms with Crippen molar-refractivity contribution in [3.63, 3.8) is 0 Å². The second-order valence-electron chi connectivity index (χ2n) is 5.48. The van der Waals surface area contributed by atoms with Crippen molar-refractivity contribution in [2.24, 2.45) is 11.7 Å². The van der Waals surface area contributed by atoms with Crippen LogP contribution in [-0.2, 0) is 0 Å². The van der Waals surface area contributed by atoms with Gasteiger partial charge >= 0.3 is 0 Å². The van der Waals surface area contributed by atoms with Gasteiger partial charge in [-0.05, 0) is 67.5 Å². The topological polar surface area (TPSA) is 45.0 Å². The number of fused-ring (bicyclic) bond motifs is 1. The molecule has 2 heterocycles. The van der Waals surface area contributed by atoms with Gasteiger partial charge in [0.25, 0.3) is 0 Å². The van der Waals surface area contributed by atoms with Crippen molar-refractivity contribution in [2.75, 3.05) is 26.7 Å². The maximum atomic E-state index is 5.95. The Kier molecular flexibility index (Phi) is 3.10. The van der Waals surface area contributed by atoms with E-state index in [9.17, 15) is 0 Å². The molecule has 1 aromatic carbocycles. The van der Waals surface area contributed by atoms with Crippen molar-refractivity contribution >= 4 is 10.9 Å². The molecule has 2 atom stereocenters. The van der Waals surface area contributed by atoms with E-state index in [1.54, 1.807) is 0 Å². The van der Waals surface area contributed by atoms with Crippen molar-refractivity contribution in [2.45, 2.75) is 12.3 Å². The van der Waals surface area contributed by atoms with E-state index in [0.29, 0.717) is 11.8 Å². The number of nitrogens with one attached hydrogen (secondary N) is 1. The number of hydrogen-bond donors (Lipinski definition) is 2. The lowest BCUT2D eigenvalue weighted by Crippen LogP contribution is -2.40. The first-order chi connectivity index (χ1) is 8.78. The van der Waals surface area contributed by atoms with Gasteiger partial charge in [0.15, 0.2) is 0 Å². The van der Waals surface area contributed by atoms with Crippen molar-refractivity contribution in [3.05, 3.63) is 36.0 Å². The lowest BCUT2D eigenvalue weighted by atomic mass is 9.80. The van der Waals surface area contributed by atoms with E-state index in [1.807, 2.05) is 6.20 Å². The van der Waals surface area contributed by atoms with Crippen LogP contribution in [0.5, 0.6) is 0 Å². The number of H-pyrrole nitrogens is 1. The summed E-state index contributed by atoms with van der Waals surface area (Å²) in [6.07, 6.45) is 3.22. The van der Waals surface area contributed by atoms with Gasteiger partial charge in [0.1, 0.15) is 0 Å². The Labute approximate surface area is 108 Å². The van der Waals surface area contributed by atoms with Crippen molar-refractivity contribution in [1.82, 2.24) is 9.88 Å². The molecule has 2 aromatic rings. The fraction of sp³-hybridized carbons (Fsp3) is 0.467. The molecular weight excluding hydrogens is 222 g/mol. The summed E-state index contributed by atoms with van der Waals surface area (Å²) in [4.78, 5) is 5.64. The third kappa shape index (κ3) is 2.04. The predicted molar refractivity (Wildman–Crippen MR) is 75.7 cm³/mol. The van der Waals surface area contributed by atoms with Gasteiger partial charge in [-0.25, -0.2) is 0 Å². The Morgan fingerprint density at radius 3 is 3.11 bits per heavy atom. The molecule has 1 saturated heterocycles. The summed E-state index contributed by atoms with van der Waals surface area (Å²) in [7, 11) is 2.19. The average molecular weight is 243 g/mol. The zero-order valence-electron chi connectivity index (χ0n) is 10.9. The first-order valence-corrected chi connectivity index (χ1v) is 6.73. The molecule has 0 saturated carbocycles. The second-order valence-corrected chi connectivity index (χ2v) is 5.48. The number of rotatable bonds is 2. The number of nitrogens with zero attached hydrogens (tertiary/aromatic N) is 1. The normalized spacial score (nSPS) is 25.7. The molecule has 0 spiro atoms. The SMILES string of the molecule is CN1CCC(c2ccc3[nH]ccc3c2)C(CN)C1. The molecule has 2 unspecified atom stereocenters. The molecule has 1 aliphatic rings. The summed E-state index contributed by atoms with van der Waals surface area (Å²) in [6, 6.07) is 8.92. The van der Waals surface area contributed by atoms with Crippen LogP contribution >= 0.6 is 0 Å². The Balaban J connectivity index is 1.92. The number of aromatic amines is 1. The monoisotopic (exact) mass is 243 g/mol. The minimum absolute atomic E-state index is 0.583. The molecule has 96 valence electrons. The van der Waals surface area contributed by atoms with E-state index in [-0.39, 0.29) is 0 Å². The van der Waals surface area contributed by atoms with E-state index in [1.165, 1.54) is 29.4 Å². The van der Waals surface area contributed by atoms with Crippen LogP contribution in [0.25, 0.3) is 10.9 Å². The lowest BCUT2D eigenvalue weighted by molar-refractivity contribution is 0.188. The highest BCUT2D eigenvalue weighted by atomic mass is 15.1. The molecule has 1 aromatic heterocycles. The van der Waals surface area contributed by atoms with Gasteiger partial charge in [-0.3, -0.25) is 0 Å². The van der Waals surface area contributed by atoms with Crippen LogP contribution in [0.3, 0.4) is 0 Å². The number of likely N-dealkylation sites (tertiary alicyclic amines) is 1. The molecule has 0 amide bonds.